The molecule has 0 spiro atoms. The highest BCUT2D eigenvalue weighted by Crippen LogP contribution is 2.26. The van der Waals surface area contributed by atoms with Crippen molar-refractivity contribution < 1.29 is 21.6 Å². The van der Waals surface area contributed by atoms with Gasteiger partial charge >= 0.3 is 0 Å². The van der Waals surface area contributed by atoms with Gasteiger partial charge in [0.05, 0.1) is 17.8 Å². The summed E-state index contributed by atoms with van der Waals surface area (Å²) < 4.78 is 61.4. The topological polar surface area (TPSA) is 111 Å². The first-order valence-electron chi connectivity index (χ1n) is 9.16. The highest BCUT2D eigenvalue weighted by atomic mass is 35.5. The van der Waals surface area contributed by atoms with E-state index in [1.165, 1.54) is 31.1 Å². The van der Waals surface area contributed by atoms with E-state index in [2.05, 4.69) is 0 Å². The number of nitriles is 1. The second-order valence-electron chi connectivity index (χ2n) is 7.14. The fourth-order valence-corrected chi connectivity index (χ4v) is 7.14. The monoisotopic (exact) mass is 462 g/mol. The first-order valence-corrected chi connectivity index (χ1v) is 12.4. The quantitative estimate of drug-likeness (QED) is 0.656. The number of hydrogen-bond donors (Lipinski definition) is 0. The second-order valence-corrected chi connectivity index (χ2v) is 11.4. The van der Waals surface area contributed by atoms with Gasteiger partial charge in [0, 0.05) is 44.3 Å². The van der Waals surface area contributed by atoms with Crippen molar-refractivity contribution in [2.24, 2.45) is 0 Å². The predicted octanol–water partition coefficient (Wildman–Crippen LogP) is 0.872. The molecule has 29 heavy (non-hydrogen) atoms. The molecule has 2 unspecified atom stereocenters. The van der Waals surface area contributed by atoms with Crippen molar-refractivity contribution in [2.45, 2.75) is 31.0 Å². The highest BCUT2D eigenvalue weighted by molar-refractivity contribution is 7.89. The van der Waals surface area contributed by atoms with Crippen molar-refractivity contribution in [1.82, 2.24) is 12.9 Å². The Morgan fingerprint density at radius 1 is 1.00 bits per heavy atom. The average Bonchev–Trinajstić information content (AvgIpc) is 2.67. The summed E-state index contributed by atoms with van der Waals surface area (Å²) in [6.07, 6.45) is -0.412. The van der Waals surface area contributed by atoms with Crippen LogP contribution in [0.15, 0.2) is 23.1 Å². The van der Waals surface area contributed by atoms with Gasteiger partial charge in [0.1, 0.15) is 11.0 Å². The van der Waals surface area contributed by atoms with Gasteiger partial charge in [-0.15, -0.1) is 0 Å². The number of piperazine rings is 1. The summed E-state index contributed by atoms with van der Waals surface area (Å²) >= 11 is 5.92. The lowest BCUT2D eigenvalue weighted by molar-refractivity contribution is -0.0456. The van der Waals surface area contributed by atoms with Crippen LogP contribution < -0.4 is 0 Å². The van der Waals surface area contributed by atoms with Crippen molar-refractivity contribution in [3.63, 3.8) is 0 Å². The predicted molar refractivity (Wildman–Crippen MR) is 107 cm³/mol. The summed E-state index contributed by atoms with van der Waals surface area (Å²) in [7, 11) is -7.68. The summed E-state index contributed by atoms with van der Waals surface area (Å²) in [4.78, 5) is -0.167. The van der Waals surface area contributed by atoms with E-state index >= 15 is 0 Å². The third-order valence-corrected chi connectivity index (χ3v) is 9.06. The molecule has 2 atom stereocenters. The molecule has 1 aromatic carbocycles. The number of hydrogen-bond acceptors (Lipinski definition) is 6. The molecular weight excluding hydrogens is 440 g/mol. The van der Waals surface area contributed by atoms with Gasteiger partial charge in [0.25, 0.3) is 10.2 Å². The zero-order chi connectivity index (χ0) is 21.4. The minimum absolute atomic E-state index is 0.000688. The summed E-state index contributed by atoms with van der Waals surface area (Å²) in [5.74, 6) is 0. The number of benzene rings is 1. The van der Waals surface area contributed by atoms with Crippen LogP contribution in [0.3, 0.4) is 0 Å². The summed E-state index contributed by atoms with van der Waals surface area (Å²) in [6.45, 7) is 4.22. The first kappa shape index (κ1) is 22.4. The third-order valence-electron chi connectivity index (χ3n) is 4.92. The fourth-order valence-electron chi connectivity index (χ4n) is 3.56. The number of rotatable bonds is 4. The van der Waals surface area contributed by atoms with Crippen LogP contribution in [0.4, 0.5) is 0 Å². The van der Waals surface area contributed by atoms with Crippen molar-refractivity contribution >= 4 is 31.8 Å². The molecule has 9 nitrogen and oxygen atoms in total. The molecule has 12 heteroatoms. The lowest BCUT2D eigenvalue weighted by atomic mass is 10.2. The lowest BCUT2D eigenvalue weighted by Crippen LogP contribution is -2.57. The first-order chi connectivity index (χ1) is 13.6. The van der Waals surface area contributed by atoms with Crippen LogP contribution in [-0.2, 0) is 25.0 Å². The number of morpholine rings is 1. The maximum Gasteiger partial charge on any atom is 0.282 e. The fraction of sp³-hybridized carbons (Fsp3) is 0.588. The van der Waals surface area contributed by atoms with Gasteiger partial charge in [-0.05, 0) is 32.0 Å². The molecule has 0 amide bonds. The molecule has 3 rings (SSSR count). The number of sulfonamides is 1. The molecule has 0 radical (unpaired) electrons. The Balaban J connectivity index is 1.75. The molecule has 160 valence electrons. The van der Waals surface area contributed by atoms with Crippen LogP contribution in [0.5, 0.6) is 0 Å². The molecule has 1 aromatic rings. The molecule has 0 N–H and O–H groups in total. The van der Waals surface area contributed by atoms with Gasteiger partial charge < -0.3 is 4.74 Å². The van der Waals surface area contributed by atoms with Crippen molar-refractivity contribution in [2.75, 3.05) is 39.3 Å². The van der Waals surface area contributed by atoms with Crippen molar-refractivity contribution in [3.8, 4) is 6.07 Å². The minimum Gasteiger partial charge on any atom is -0.373 e. The molecule has 2 aliphatic heterocycles. The normalized spacial score (nSPS) is 25.6. The van der Waals surface area contributed by atoms with Gasteiger partial charge in [0.15, 0.2) is 0 Å². The molecule has 2 saturated heterocycles. The van der Waals surface area contributed by atoms with E-state index in [-0.39, 0.29) is 67.0 Å². The zero-order valence-corrected chi connectivity index (χ0v) is 18.5. The van der Waals surface area contributed by atoms with Crippen LogP contribution in [-0.4, -0.2) is 81.2 Å². The maximum atomic E-state index is 13.0. The smallest absolute Gasteiger partial charge is 0.282 e. The van der Waals surface area contributed by atoms with E-state index in [1.807, 2.05) is 19.9 Å². The van der Waals surface area contributed by atoms with Crippen LogP contribution in [0, 0.1) is 11.3 Å². The second kappa shape index (κ2) is 8.47. The Bertz CT molecular complexity index is 1010. The molecule has 0 saturated carbocycles. The summed E-state index contributed by atoms with van der Waals surface area (Å²) in [5, 5.41) is 9.44. The van der Waals surface area contributed by atoms with Gasteiger partial charge in [-0.3, -0.25) is 0 Å². The van der Waals surface area contributed by atoms with E-state index in [9.17, 15) is 22.1 Å². The van der Waals surface area contributed by atoms with Gasteiger partial charge in [-0.1, -0.05) is 11.6 Å². The zero-order valence-electron chi connectivity index (χ0n) is 16.2. The SMILES string of the molecule is CC1CN(S(=O)(=O)N2CCN(S(=O)(=O)c3cc(Cl)ccc3C#N)CC2)CC(C)O1. The number of halogens is 1. The van der Waals surface area contributed by atoms with E-state index in [1.54, 1.807) is 0 Å². The van der Waals surface area contributed by atoms with Crippen molar-refractivity contribution in [1.29, 1.82) is 5.26 Å². The molecule has 0 aliphatic carbocycles. The van der Waals surface area contributed by atoms with Crippen molar-refractivity contribution in [3.05, 3.63) is 28.8 Å². The van der Waals surface area contributed by atoms with E-state index < -0.39 is 20.2 Å². The highest BCUT2D eigenvalue weighted by Gasteiger charge is 2.39. The van der Waals surface area contributed by atoms with E-state index in [0.717, 1.165) is 0 Å². The van der Waals surface area contributed by atoms with E-state index in [4.69, 9.17) is 16.3 Å². The summed E-state index contributed by atoms with van der Waals surface area (Å²) in [6, 6.07) is 5.92. The van der Waals surface area contributed by atoms with Crippen LogP contribution in [0.1, 0.15) is 19.4 Å². The van der Waals surface area contributed by atoms with Gasteiger partial charge in [-0.25, -0.2) is 8.42 Å². The summed E-state index contributed by atoms with van der Waals surface area (Å²) in [5.41, 5.74) is 0.000688. The molecule has 0 bridgehead atoms. The third kappa shape index (κ3) is 4.59. The number of nitrogens with zero attached hydrogens (tertiary/aromatic N) is 4. The van der Waals surface area contributed by atoms with Gasteiger partial charge in [-0.2, -0.15) is 26.6 Å². The Hall–Kier alpha value is -1.26. The van der Waals surface area contributed by atoms with Crippen LogP contribution in [0.2, 0.25) is 5.02 Å². The minimum atomic E-state index is -3.97. The maximum absolute atomic E-state index is 13.0. The van der Waals surface area contributed by atoms with Crippen LogP contribution >= 0.6 is 11.6 Å². The largest absolute Gasteiger partial charge is 0.373 e. The van der Waals surface area contributed by atoms with Gasteiger partial charge in [0.2, 0.25) is 10.0 Å². The Morgan fingerprint density at radius 2 is 1.55 bits per heavy atom. The van der Waals surface area contributed by atoms with Crippen LogP contribution in [0.25, 0.3) is 0 Å². The Labute approximate surface area is 176 Å². The average molecular weight is 463 g/mol. The molecule has 0 aromatic heterocycles. The Kier molecular flexibility index (Phi) is 6.55. The van der Waals surface area contributed by atoms with E-state index in [0.29, 0.717) is 0 Å². The molecule has 2 aliphatic rings. The molecular formula is C17H23ClN4O5S2. The molecule has 2 heterocycles. The lowest BCUT2D eigenvalue weighted by Gasteiger charge is -2.40. The Morgan fingerprint density at radius 3 is 2.10 bits per heavy atom. The number of ether oxygens (including phenoxy) is 1. The standard InChI is InChI=1S/C17H23ClN4O5S2/c1-13-11-22(12-14(2)27-13)29(25,26)21-7-5-20(6-8-21)28(23,24)17-9-16(18)4-3-15(17)10-19/h3-4,9,13-14H,5-8,11-12H2,1-2H3. The molecule has 2 fully saturated rings.